The average Bonchev–Trinajstić information content (AvgIpc) is 2.77. The van der Waals surface area contributed by atoms with Crippen molar-refractivity contribution in [2.45, 2.75) is 6.61 Å². The molecule has 0 fully saturated rings. The van der Waals surface area contributed by atoms with Crippen LogP contribution in [0.3, 0.4) is 0 Å². The van der Waals surface area contributed by atoms with Crippen molar-refractivity contribution in [3.05, 3.63) is 94.0 Å². The van der Waals surface area contributed by atoms with Crippen molar-refractivity contribution in [3.8, 4) is 17.6 Å². The maximum atomic E-state index is 10.9. The zero-order valence-corrected chi connectivity index (χ0v) is 16.9. The van der Waals surface area contributed by atoms with E-state index in [4.69, 9.17) is 26.2 Å². The van der Waals surface area contributed by atoms with Crippen molar-refractivity contribution in [2.24, 2.45) is 0 Å². The number of carboxylic acids is 1. The van der Waals surface area contributed by atoms with Crippen LogP contribution in [-0.4, -0.2) is 18.2 Å². The van der Waals surface area contributed by atoms with Gasteiger partial charge in [0.05, 0.1) is 24.3 Å². The maximum Gasteiger partial charge on any atom is 0.335 e. The van der Waals surface area contributed by atoms with Gasteiger partial charge in [0, 0.05) is 5.02 Å². The van der Waals surface area contributed by atoms with Gasteiger partial charge in [-0.3, -0.25) is 0 Å². The lowest BCUT2D eigenvalue weighted by Crippen LogP contribution is -2.00. The molecule has 3 aromatic carbocycles. The lowest BCUT2D eigenvalue weighted by molar-refractivity contribution is 0.0697. The first-order valence-electron chi connectivity index (χ1n) is 9.01. The number of benzene rings is 3. The van der Waals surface area contributed by atoms with E-state index in [-0.39, 0.29) is 12.2 Å². The topological polar surface area (TPSA) is 79.5 Å². The van der Waals surface area contributed by atoms with E-state index in [2.05, 4.69) is 6.07 Å². The molecule has 3 rings (SSSR count). The summed E-state index contributed by atoms with van der Waals surface area (Å²) in [5.74, 6) is 0.101. The quantitative estimate of drug-likeness (QED) is 0.393. The summed E-state index contributed by atoms with van der Waals surface area (Å²) in [4.78, 5) is 10.9. The summed E-state index contributed by atoms with van der Waals surface area (Å²) < 4.78 is 11.3. The number of allylic oxidation sites excluding steroid dienone is 1. The van der Waals surface area contributed by atoms with Gasteiger partial charge in [0.15, 0.2) is 11.5 Å². The molecular formula is C24H18ClNO4. The molecule has 0 radical (unpaired) electrons. The maximum absolute atomic E-state index is 10.9. The summed E-state index contributed by atoms with van der Waals surface area (Å²) in [7, 11) is 1.54. The van der Waals surface area contributed by atoms with Crippen LogP contribution in [0, 0.1) is 11.3 Å². The second-order valence-electron chi connectivity index (χ2n) is 6.38. The smallest absolute Gasteiger partial charge is 0.335 e. The second-order valence-corrected chi connectivity index (χ2v) is 6.81. The largest absolute Gasteiger partial charge is 0.493 e. The third kappa shape index (κ3) is 5.19. The van der Waals surface area contributed by atoms with Crippen LogP contribution >= 0.6 is 11.6 Å². The number of nitrogens with zero attached hydrogens (tertiary/aromatic N) is 1. The Bertz CT molecular complexity index is 1110. The highest BCUT2D eigenvalue weighted by Gasteiger charge is 2.08. The number of nitriles is 1. The Morgan fingerprint density at radius 2 is 1.70 bits per heavy atom. The number of hydrogen-bond donors (Lipinski definition) is 1. The molecule has 0 spiro atoms. The Hall–Kier alpha value is -3.75. The molecule has 0 amide bonds. The number of methoxy groups -OCH3 is 1. The van der Waals surface area contributed by atoms with Crippen molar-refractivity contribution in [2.75, 3.05) is 7.11 Å². The Labute approximate surface area is 179 Å². The highest BCUT2D eigenvalue weighted by molar-refractivity contribution is 6.30. The van der Waals surface area contributed by atoms with E-state index in [1.165, 1.54) is 12.1 Å². The summed E-state index contributed by atoms with van der Waals surface area (Å²) in [5, 5.41) is 19.1. The fraction of sp³-hybridized carbons (Fsp3) is 0.0833. The van der Waals surface area contributed by atoms with Gasteiger partial charge in [0.2, 0.25) is 0 Å². The molecule has 0 bridgehead atoms. The van der Waals surface area contributed by atoms with Gasteiger partial charge in [-0.2, -0.15) is 5.26 Å². The molecule has 0 aliphatic carbocycles. The van der Waals surface area contributed by atoms with E-state index in [1.807, 2.05) is 6.07 Å². The first-order chi connectivity index (χ1) is 14.5. The molecule has 0 saturated carbocycles. The molecule has 3 aromatic rings. The monoisotopic (exact) mass is 419 g/mol. The van der Waals surface area contributed by atoms with Gasteiger partial charge in [-0.25, -0.2) is 4.79 Å². The first-order valence-corrected chi connectivity index (χ1v) is 9.39. The van der Waals surface area contributed by atoms with Gasteiger partial charge in [0.25, 0.3) is 0 Å². The molecule has 150 valence electrons. The number of ether oxygens (including phenoxy) is 2. The molecule has 0 saturated heterocycles. The number of halogens is 1. The summed E-state index contributed by atoms with van der Waals surface area (Å²) in [6.45, 7) is 0.264. The van der Waals surface area contributed by atoms with E-state index in [9.17, 15) is 10.1 Å². The third-order valence-corrected chi connectivity index (χ3v) is 4.62. The zero-order valence-electron chi connectivity index (χ0n) is 16.1. The normalized spacial score (nSPS) is 10.9. The minimum absolute atomic E-state index is 0.224. The van der Waals surface area contributed by atoms with E-state index >= 15 is 0 Å². The molecular weight excluding hydrogens is 402 g/mol. The molecule has 0 unspecified atom stereocenters. The van der Waals surface area contributed by atoms with Crippen molar-refractivity contribution < 1.29 is 19.4 Å². The number of carboxylic acid groups (broad SMARTS) is 1. The Balaban J connectivity index is 1.78. The van der Waals surface area contributed by atoms with Crippen molar-refractivity contribution in [1.29, 1.82) is 5.26 Å². The number of carbonyl (C=O) groups is 1. The third-order valence-electron chi connectivity index (χ3n) is 4.37. The summed E-state index contributed by atoms with van der Waals surface area (Å²) >= 11 is 5.91. The van der Waals surface area contributed by atoms with Crippen LogP contribution in [0.1, 0.15) is 27.0 Å². The summed E-state index contributed by atoms with van der Waals surface area (Å²) in [6, 6.07) is 21.1. The average molecular weight is 420 g/mol. The molecule has 0 aliphatic heterocycles. The molecule has 1 N–H and O–H groups in total. The minimum Gasteiger partial charge on any atom is -0.493 e. The molecule has 0 heterocycles. The van der Waals surface area contributed by atoms with Gasteiger partial charge >= 0.3 is 5.97 Å². The minimum atomic E-state index is -0.969. The van der Waals surface area contributed by atoms with Gasteiger partial charge < -0.3 is 14.6 Å². The Kier molecular flexibility index (Phi) is 6.74. The SMILES string of the molecule is COc1cc(/C=C(/C#N)c2ccc(Cl)cc2)ccc1OCc1ccc(C(=O)O)cc1. The van der Waals surface area contributed by atoms with Crippen LogP contribution in [0.2, 0.25) is 5.02 Å². The van der Waals surface area contributed by atoms with E-state index in [0.29, 0.717) is 22.1 Å². The zero-order chi connectivity index (χ0) is 21.5. The highest BCUT2D eigenvalue weighted by Crippen LogP contribution is 2.30. The summed E-state index contributed by atoms with van der Waals surface area (Å²) in [5.41, 5.74) is 3.12. The van der Waals surface area contributed by atoms with Crippen LogP contribution < -0.4 is 9.47 Å². The van der Waals surface area contributed by atoms with Crippen LogP contribution in [0.15, 0.2) is 66.7 Å². The fourth-order valence-electron chi connectivity index (χ4n) is 2.77. The van der Waals surface area contributed by atoms with Crippen molar-refractivity contribution >= 4 is 29.2 Å². The van der Waals surface area contributed by atoms with Crippen LogP contribution in [0.4, 0.5) is 0 Å². The Morgan fingerprint density at radius 1 is 1.03 bits per heavy atom. The number of aromatic carboxylic acids is 1. The first kappa shape index (κ1) is 21.0. The lowest BCUT2D eigenvalue weighted by atomic mass is 10.0. The van der Waals surface area contributed by atoms with Gasteiger partial charge in [0.1, 0.15) is 6.61 Å². The molecule has 0 aromatic heterocycles. The standard InChI is InChI=1S/C24H18ClNO4/c1-29-23-13-17(12-20(14-26)18-7-9-21(25)10-8-18)4-11-22(23)30-15-16-2-5-19(6-3-16)24(27)28/h2-13H,15H2,1H3,(H,27,28)/b20-12-. The van der Waals surface area contributed by atoms with Crippen LogP contribution in [0.25, 0.3) is 11.6 Å². The van der Waals surface area contributed by atoms with E-state index in [1.54, 1.807) is 61.7 Å². The molecule has 0 atom stereocenters. The molecule has 5 nitrogen and oxygen atoms in total. The number of rotatable bonds is 7. The van der Waals surface area contributed by atoms with Gasteiger partial charge in [-0.05, 0) is 59.2 Å². The molecule has 6 heteroatoms. The molecule has 0 aliphatic rings. The predicted molar refractivity (Wildman–Crippen MR) is 116 cm³/mol. The van der Waals surface area contributed by atoms with Crippen molar-refractivity contribution in [1.82, 2.24) is 0 Å². The van der Waals surface area contributed by atoms with Gasteiger partial charge in [-0.15, -0.1) is 0 Å². The lowest BCUT2D eigenvalue weighted by Gasteiger charge is -2.12. The number of hydrogen-bond acceptors (Lipinski definition) is 4. The fourth-order valence-corrected chi connectivity index (χ4v) is 2.90. The summed E-state index contributed by atoms with van der Waals surface area (Å²) in [6.07, 6.45) is 1.76. The second kappa shape index (κ2) is 9.64. The Morgan fingerprint density at radius 3 is 2.30 bits per heavy atom. The van der Waals surface area contributed by atoms with Crippen LogP contribution in [0.5, 0.6) is 11.5 Å². The van der Waals surface area contributed by atoms with E-state index in [0.717, 1.165) is 16.7 Å². The van der Waals surface area contributed by atoms with Gasteiger partial charge in [-0.1, -0.05) is 41.9 Å². The van der Waals surface area contributed by atoms with Crippen molar-refractivity contribution in [3.63, 3.8) is 0 Å². The van der Waals surface area contributed by atoms with Crippen LogP contribution in [-0.2, 0) is 6.61 Å². The van der Waals surface area contributed by atoms with E-state index < -0.39 is 5.97 Å². The predicted octanol–water partition coefficient (Wildman–Crippen LogP) is 5.69. The molecule has 30 heavy (non-hydrogen) atoms. The highest BCUT2D eigenvalue weighted by atomic mass is 35.5.